The predicted octanol–water partition coefficient (Wildman–Crippen LogP) is 4.79. The molecular weight excluding hydrogens is 260 g/mol. The van der Waals surface area contributed by atoms with Gasteiger partial charge in [-0.3, -0.25) is 0 Å². The quantitative estimate of drug-likeness (QED) is 0.650. The number of hydrogen-bond acceptors (Lipinski definition) is 0. The van der Waals surface area contributed by atoms with E-state index in [2.05, 4.69) is 60.5 Å². The molecule has 2 rings (SSSR count). The lowest BCUT2D eigenvalue weighted by molar-refractivity contribution is 0.338. The normalized spacial score (nSPS) is 41.3. The summed E-state index contributed by atoms with van der Waals surface area (Å²) >= 11 is 4.00. The SMILES string of the molecule is CCCC1[C]C2C=CC=CC2(Br)C1CCC. The zero-order chi connectivity index (χ0) is 11.6. The van der Waals surface area contributed by atoms with Crippen LogP contribution in [0.5, 0.6) is 0 Å². The molecule has 0 aromatic rings. The second kappa shape index (κ2) is 5.08. The van der Waals surface area contributed by atoms with E-state index in [1.54, 1.807) is 0 Å². The van der Waals surface area contributed by atoms with Gasteiger partial charge in [-0.2, -0.15) is 0 Å². The lowest BCUT2D eigenvalue weighted by Crippen LogP contribution is -2.32. The average Bonchev–Trinajstić information content (AvgIpc) is 2.54. The van der Waals surface area contributed by atoms with E-state index < -0.39 is 0 Å². The van der Waals surface area contributed by atoms with Gasteiger partial charge in [-0.1, -0.05) is 66.9 Å². The fraction of sp³-hybridized carbons (Fsp3) is 0.667. The Bertz CT molecular complexity index is 292. The van der Waals surface area contributed by atoms with Crippen LogP contribution in [0.3, 0.4) is 0 Å². The van der Waals surface area contributed by atoms with Crippen molar-refractivity contribution in [3.05, 3.63) is 30.7 Å². The number of halogens is 1. The van der Waals surface area contributed by atoms with E-state index in [9.17, 15) is 0 Å². The molecule has 1 heteroatoms. The Hall–Kier alpha value is -0.0400. The summed E-state index contributed by atoms with van der Waals surface area (Å²) in [6.07, 6.45) is 17.9. The van der Waals surface area contributed by atoms with Gasteiger partial charge in [-0.25, -0.2) is 0 Å². The van der Waals surface area contributed by atoms with Crippen molar-refractivity contribution in [3.8, 4) is 0 Å². The molecular formula is C15H21Br. The van der Waals surface area contributed by atoms with Crippen LogP contribution in [0.15, 0.2) is 24.3 Å². The van der Waals surface area contributed by atoms with Gasteiger partial charge in [0.1, 0.15) is 0 Å². The van der Waals surface area contributed by atoms with Crippen molar-refractivity contribution in [2.24, 2.45) is 17.8 Å². The van der Waals surface area contributed by atoms with E-state index in [1.165, 1.54) is 25.7 Å². The Balaban J connectivity index is 2.20. The van der Waals surface area contributed by atoms with Crippen LogP contribution in [0.1, 0.15) is 39.5 Å². The third-order valence-electron chi connectivity index (χ3n) is 3.89. The summed E-state index contributed by atoms with van der Waals surface area (Å²) in [7, 11) is 0. The zero-order valence-electron chi connectivity index (χ0n) is 10.2. The molecule has 1 saturated carbocycles. The molecule has 0 bridgehead atoms. The zero-order valence-corrected chi connectivity index (χ0v) is 11.8. The van der Waals surface area contributed by atoms with Gasteiger partial charge < -0.3 is 0 Å². The van der Waals surface area contributed by atoms with Crippen LogP contribution in [0, 0.1) is 24.2 Å². The standard InChI is InChI=1S/C15H21Br/c1-3-7-12-11-13-9-5-6-10-15(13,16)14(12)8-4-2/h5-6,9-10,12-14H,3-4,7-8H2,1-2H3. The molecule has 0 aromatic heterocycles. The van der Waals surface area contributed by atoms with Gasteiger partial charge >= 0.3 is 0 Å². The highest BCUT2D eigenvalue weighted by atomic mass is 79.9. The monoisotopic (exact) mass is 280 g/mol. The second-order valence-corrected chi connectivity index (χ2v) is 6.38. The van der Waals surface area contributed by atoms with Crippen LogP contribution in [-0.2, 0) is 0 Å². The average molecular weight is 281 g/mol. The van der Waals surface area contributed by atoms with Crippen LogP contribution in [0.4, 0.5) is 0 Å². The highest BCUT2D eigenvalue weighted by Gasteiger charge is 2.50. The first kappa shape index (κ1) is 12.4. The number of hydrogen-bond donors (Lipinski definition) is 0. The lowest BCUT2D eigenvalue weighted by atomic mass is 9.81. The molecule has 0 aliphatic heterocycles. The molecule has 4 atom stereocenters. The highest BCUT2D eigenvalue weighted by Crippen LogP contribution is 2.55. The molecule has 2 radical (unpaired) electrons. The number of allylic oxidation sites excluding steroid dienone is 4. The van der Waals surface area contributed by atoms with E-state index in [4.69, 9.17) is 0 Å². The molecule has 0 N–H and O–H groups in total. The molecule has 0 nitrogen and oxygen atoms in total. The number of fused-ring (bicyclic) bond motifs is 1. The molecule has 0 aromatic carbocycles. The van der Waals surface area contributed by atoms with Gasteiger partial charge in [-0.05, 0) is 31.1 Å². The van der Waals surface area contributed by atoms with Gasteiger partial charge in [-0.15, -0.1) is 0 Å². The molecule has 0 amide bonds. The first-order valence-corrected chi connectivity index (χ1v) is 7.32. The third kappa shape index (κ3) is 2.03. The highest BCUT2D eigenvalue weighted by molar-refractivity contribution is 9.10. The fourth-order valence-corrected chi connectivity index (χ4v) is 4.14. The lowest BCUT2D eigenvalue weighted by Gasteiger charge is -2.33. The van der Waals surface area contributed by atoms with Crippen molar-refractivity contribution in [1.29, 1.82) is 0 Å². The molecule has 0 spiro atoms. The largest absolute Gasteiger partial charge is 0.0798 e. The molecule has 4 unspecified atom stereocenters. The Morgan fingerprint density at radius 3 is 2.62 bits per heavy atom. The van der Waals surface area contributed by atoms with Gasteiger partial charge in [0.2, 0.25) is 0 Å². The summed E-state index contributed by atoms with van der Waals surface area (Å²) in [6, 6.07) is 0. The first-order chi connectivity index (χ1) is 7.72. The van der Waals surface area contributed by atoms with Crippen molar-refractivity contribution < 1.29 is 0 Å². The van der Waals surface area contributed by atoms with Gasteiger partial charge in [0.05, 0.1) is 4.32 Å². The van der Waals surface area contributed by atoms with E-state index in [0.717, 1.165) is 5.92 Å². The minimum atomic E-state index is 0.164. The summed E-state index contributed by atoms with van der Waals surface area (Å²) in [5.41, 5.74) is 0. The van der Waals surface area contributed by atoms with Crippen LogP contribution >= 0.6 is 15.9 Å². The van der Waals surface area contributed by atoms with Crippen LogP contribution < -0.4 is 0 Å². The van der Waals surface area contributed by atoms with Crippen molar-refractivity contribution in [2.45, 2.75) is 43.9 Å². The van der Waals surface area contributed by atoms with Crippen molar-refractivity contribution in [3.63, 3.8) is 0 Å². The van der Waals surface area contributed by atoms with Crippen LogP contribution in [-0.4, -0.2) is 4.32 Å². The van der Waals surface area contributed by atoms with Gasteiger partial charge in [0.25, 0.3) is 0 Å². The predicted molar refractivity (Wildman–Crippen MR) is 73.5 cm³/mol. The molecule has 88 valence electrons. The van der Waals surface area contributed by atoms with Crippen LogP contribution in [0.25, 0.3) is 0 Å². The minimum absolute atomic E-state index is 0.164. The van der Waals surface area contributed by atoms with E-state index in [0.29, 0.717) is 11.8 Å². The molecule has 2 aliphatic rings. The van der Waals surface area contributed by atoms with Crippen molar-refractivity contribution in [2.75, 3.05) is 0 Å². The Morgan fingerprint density at radius 1 is 1.19 bits per heavy atom. The van der Waals surface area contributed by atoms with Gasteiger partial charge in [0.15, 0.2) is 0 Å². The minimum Gasteiger partial charge on any atom is -0.0798 e. The van der Waals surface area contributed by atoms with E-state index in [1.807, 2.05) is 0 Å². The van der Waals surface area contributed by atoms with E-state index >= 15 is 0 Å². The maximum Gasteiger partial charge on any atom is 0.0539 e. The molecule has 1 fully saturated rings. The summed E-state index contributed by atoms with van der Waals surface area (Å²) in [6.45, 7) is 4.56. The van der Waals surface area contributed by atoms with Gasteiger partial charge in [0, 0.05) is 5.92 Å². The Labute approximate surface area is 108 Å². The number of alkyl halides is 1. The number of rotatable bonds is 4. The second-order valence-electron chi connectivity index (χ2n) is 5.01. The Kier molecular flexibility index (Phi) is 3.94. The molecule has 0 heterocycles. The van der Waals surface area contributed by atoms with E-state index in [-0.39, 0.29) is 4.32 Å². The third-order valence-corrected chi connectivity index (χ3v) is 5.24. The topological polar surface area (TPSA) is 0 Å². The summed E-state index contributed by atoms with van der Waals surface area (Å²) in [5.74, 6) is 1.87. The molecule has 16 heavy (non-hydrogen) atoms. The maximum atomic E-state index is 4.00. The maximum absolute atomic E-state index is 4.00. The van der Waals surface area contributed by atoms with Crippen molar-refractivity contribution >= 4 is 15.9 Å². The fourth-order valence-electron chi connectivity index (χ4n) is 3.15. The molecule has 0 saturated heterocycles. The summed E-state index contributed by atoms with van der Waals surface area (Å²) in [4.78, 5) is 0. The molecule has 2 aliphatic carbocycles. The summed E-state index contributed by atoms with van der Waals surface area (Å²) in [5, 5.41) is 0. The first-order valence-electron chi connectivity index (χ1n) is 6.53. The van der Waals surface area contributed by atoms with Crippen LogP contribution in [0.2, 0.25) is 0 Å². The van der Waals surface area contributed by atoms with Crippen molar-refractivity contribution in [1.82, 2.24) is 0 Å². The summed E-state index contributed by atoms with van der Waals surface area (Å²) < 4.78 is 0.164. The Morgan fingerprint density at radius 2 is 1.94 bits per heavy atom. The smallest absolute Gasteiger partial charge is 0.0539 e.